The molecule has 24 heavy (non-hydrogen) atoms. The summed E-state index contributed by atoms with van der Waals surface area (Å²) in [5.41, 5.74) is 0.818. The van der Waals surface area contributed by atoms with Gasteiger partial charge in [-0.25, -0.2) is 0 Å². The molecule has 2 aromatic rings. The van der Waals surface area contributed by atoms with Gasteiger partial charge in [0, 0.05) is 17.6 Å². The highest BCUT2D eigenvalue weighted by molar-refractivity contribution is 7.07. The first-order chi connectivity index (χ1) is 11.6. The first-order valence-electron chi connectivity index (χ1n) is 8.34. The average molecular weight is 349 g/mol. The molecule has 0 aromatic carbocycles. The molecule has 1 fully saturated rings. The SMILES string of the molecule is Cc1csc(=O)n1CC(=O)NC[C@H](c1ccco1)N1CCCCC1. The van der Waals surface area contributed by atoms with E-state index in [0.29, 0.717) is 6.54 Å². The fourth-order valence-electron chi connectivity index (χ4n) is 3.13. The first-order valence-corrected chi connectivity index (χ1v) is 9.22. The molecule has 1 amide bonds. The summed E-state index contributed by atoms with van der Waals surface area (Å²) in [6.45, 7) is 4.43. The molecule has 6 nitrogen and oxygen atoms in total. The van der Waals surface area contributed by atoms with Crippen LogP contribution < -0.4 is 10.2 Å². The summed E-state index contributed by atoms with van der Waals surface area (Å²) in [5, 5.41) is 4.74. The summed E-state index contributed by atoms with van der Waals surface area (Å²) < 4.78 is 7.08. The van der Waals surface area contributed by atoms with E-state index in [1.54, 1.807) is 11.6 Å². The molecule has 1 N–H and O–H groups in total. The molecular weight excluding hydrogens is 326 g/mol. The minimum atomic E-state index is -0.146. The quantitative estimate of drug-likeness (QED) is 0.868. The van der Waals surface area contributed by atoms with Crippen LogP contribution in [0.5, 0.6) is 0 Å². The second kappa shape index (κ2) is 7.81. The third-order valence-electron chi connectivity index (χ3n) is 4.47. The minimum Gasteiger partial charge on any atom is -0.468 e. The number of nitrogens with one attached hydrogen (secondary N) is 1. The van der Waals surface area contributed by atoms with E-state index in [4.69, 9.17) is 4.42 Å². The third kappa shape index (κ3) is 3.96. The average Bonchev–Trinajstić information content (AvgIpc) is 3.22. The summed E-state index contributed by atoms with van der Waals surface area (Å²) in [4.78, 5) is 26.3. The normalized spacial score (nSPS) is 16.9. The van der Waals surface area contributed by atoms with Gasteiger partial charge in [-0.2, -0.15) is 0 Å². The van der Waals surface area contributed by atoms with Crippen molar-refractivity contribution < 1.29 is 9.21 Å². The Kier molecular flexibility index (Phi) is 5.52. The Morgan fingerprint density at radius 1 is 1.38 bits per heavy atom. The van der Waals surface area contributed by atoms with Gasteiger partial charge < -0.3 is 9.73 Å². The number of likely N-dealkylation sites (tertiary alicyclic amines) is 1. The van der Waals surface area contributed by atoms with Gasteiger partial charge >= 0.3 is 4.87 Å². The molecule has 7 heteroatoms. The number of amides is 1. The second-order valence-electron chi connectivity index (χ2n) is 6.16. The van der Waals surface area contributed by atoms with Gasteiger partial charge in [-0.3, -0.25) is 19.1 Å². The molecule has 1 atom stereocenters. The van der Waals surface area contributed by atoms with Crippen LogP contribution >= 0.6 is 11.3 Å². The lowest BCUT2D eigenvalue weighted by atomic mass is 10.1. The Morgan fingerprint density at radius 2 is 2.17 bits per heavy atom. The van der Waals surface area contributed by atoms with Crippen molar-refractivity contribution >= 4 is 17.2 Å². The minimum absolute atomic E-state index is 0.0459. The zero-order valence-electron chi connectivity index (χ0n) is 13.9. The molecule has 0 spiro atoms. The molecule has 0 aliphatic carbocycles. The van der Waals surface area contributed by atoms with E-state index in [2.05, 4.69) is 10.2 Å². The fourth-order valence-corrected chi connectivity index (χ4v) is 3.86. The number of piperidine rings is 1. The highest BCUT2D eigenvalue weighted by atomic mass is 32.1. The van der Waals surface area contributed by atoms with E-state index < -0.39 is 0 Å². The molecule has 3 rings (SSSR count). The van der Waals surface area contributed by atoms with E-state index in [1.165, 1.54) is 23.8 Å². The molecule has 0 bridgehead atoms. The van der Waals surface area contributed by atoms with Crippen molar-refractivity contribution in [1.29, 1.82) is 0 Å². The van der Waals surface area contributed by atoms with Crippen molar-refractivity contribution in [2.45, 2.75) is 38.8 Å². The van der Waals surface area contributed by atoms with Gasteiger partial charge in [-0.1, -0.05) is 17.8 Å². The van der Waals surface area contributed by atoms with Crippen LogP contribution in [0, 0.1) is 6.92 Å². The lowest BCUT2D eigenvalue weighted by molar-refractivity contribution is -0.122. The molecule has 3 heterocycles. The standard InChI is InChI=1S/C17H23N3O3S/c1-13-12-24-17(22)20(13)11-16(21)18-10-14(15-6-5-9-23-15)19-7-3-2-4-8-19/h5-6,9,12,14H,2-4,7-8,10-11H2,1H3,(H,18,21)/t14-/m1/s1. The molecule has 0 saturated carbocycles. The predicted octanol–water partition coefficient (Wildman–Crippen LogP) is 2.15. The maximum absolute atomic E-state index is 12.3. The number of furan rings is 1. The maximum atomic E-state index is 12.3. The first kappa shape index (κ1) is 17.0. The Balaban J connectivity index is 1.63. The number of thiazole rings is 1. The second-order valence-corrected chi connectivity index (χ2v) is 6.98. The Labute approximate surface area is 145 Å². The number of carbonyl (C=O) groups excluding carboxylic acids is 1. The van der Waals surface area contributed by atoms with Crippen molar-refractivity contribution in [1.82, 2.24) is 14.8 Å². The number of hydrogen-bond acceptors (Lipinski definition) is 5. The molecule has 0 unspecified atom stereocenters. The Hall–Kier alpha value is -1.86. The molecule has 1 saturated heterocycles. The molecule has 1 aliphatic rings. The Morgan fingerprint density at radius 3 is 2.79 bits per heavy atom. The van der Waals surface area contributed by atoms with Gasteiger partial charge in [-0.05, 0) is 45.0 Å². The van der Waals surface area contributed by atoms with Crippen molar-refractivity contribution in [3.63, 3.8) is 0 Å². The number of nitrogens with zero attached hydrogens (tertiary/aromatic N) is 2. The van der Waals surface area contributed by atoms with Crippen LogP contribution in [0.2, 0.25) is 0 Å². The van der Waals surface area contributed by atoms with Crippen molar-refractivity contribution in [3.8, 4) is 0 Å². The van der Waals surface area contributed by atoms with Crippen LogP contribution in [0.4, 0.5) is 0 Å². The van der Waals surface area contributed by atoms with Crippen LogP contribution in [0.1, 0.15) is 36.8 Å². The molecule has 130 valence electrons. The van der Waals surface area contributed by atoms with Crippen LogP contribution in [0.15, 0.2) is 33.0 Å². The Bertz CT molecular complexity index is 714. The maximum Gasteiger partial charge on any atom is 0.307 e. The topological polar surface area (TPSA) is 67.5 Å². The van der Waals surface area contributed by atoms with Gasteiger partial charge in [0.05, 0.1) is 12.3 Å². The van der Waals surface area contributed by atoms with E-state index in [-0.39, 0.29) is 23.4 Å². The van der Waals surface area contributed by atoms with E-state index >= 15 is 0 Å². The number of aryl methyl sites for hydroxylation is 1. The fraction of sp³-hybridized carbons (Fsp3) is 0.529. The third-order valence-corrected chi connectivity index (χ3v) is 5.35. The number of carbonyl (C=O) groups is 1. The zero-order valence-corrected chi connectivity index (χ0v) is 14.7. The summed E-state index contributed by atoms with van der Waals surface area (Å²) in [6.07, 6.45) is 5.28. The van der Waals surface area contributed by atoms with Crippen LogP contribution in [0.25, 0.3) is 0 Å². The zero-order chi connectivity index (χ0) is 16.9. The van der Waals surface area contributed by atoms with Crippen LogP contribution in [-0.2, 0) is 11.3 Å². The smallest absolute Gasteiger partial charge is 0.307 e. The highest BCUT2D eigenvalue weighted by Gasteiger charge is 2.25. The van der Waals surface area contributed by atoms with Gasteiger partial charge in [0.1, 0.15) is 12.3 Å². The number of rotatable bonds is 6. The van der Waals surface area contributed by atoms with Crippen molar-refractivity contribution in [2.24, 2.45) is 0 Å². The lowest BCUT2D eigenvalue weighted by Crippen LogP contribution is -2.41. The highest BCUT2D eigenvalue weighted by Crippen LogP contribution is 2.24. The summed E-state index contributed by atoms with van der Waals surface area (Å²) >= 11 is 1.12. The van der Waals surface area contributed by atoms with E-state index in [1.807, 2.05) is 19.1 Å². The van der Waals surface area contributed by atoms with Crippen LogP contribution in [-0.4, -0.2) is 35.0 Å². The van der Waals surface area contributed by atoms with Gasteiger partial charge in [0.15, 0.2) is 0 Å². The molecule has 1 aliphatic heterocycles. The number of aromatic nitrogens is 1. The molecular formula is C17H23N3O3S. The van der Waals surface area contributed by atoms with Gasteiger partial charge in [-0.15, -0.1) is 0 Å². The van der Waals surface area contributed by atoms with E-state index in [0.717, 1.165) is 35.9 Å². The van der Waals surface area contributed by atoms with Gasteiger partial charge in [0.2, 0.25) is 5.91 Å². The predicted molar refractivity (Wildman–Crippen MR) is 93.2 cm³/mol. The van der Waals surface area contributed by atoms with Crippen LogP contribution in [0.3, 0.4) is 0 Å². The van der Waals surface area contributed by atoms with Crippen molar-refractivity contribution in [3.05, 3.63) is 44.9 Å². The summed E-state index contributed by atoms with van der Waals surface area (Å²) in [7, 11) is 0. The largest absolute Gasteiger partial charge is 0.468 e. The lowest BCUT2D eigenvalue weighted by Gasteiger charge is -2.33. The van der Waals surface area contributed by atoms with E-state index in [9.17, 15) is 9.59 Å². The summed E-state index contributed by atoms with van der Waals surface area (Å²) in [6, 6.07) is 3.88. The molecule has 2 aromatic heterocycles. The monoisotopic (exact) mass is 349 g/mol. The van der Waals surface area contributed by atoms with Gasteiger partial charge in [0.25, 0.3) is 0 Å². The van der Waals surface area contributed by atoms with Crippen molar-refractivity contribution in [2.75, 3.05) is 19.6 Å². The summed E-state index contributed by atoms with van der Waals surface area (Å²) in [5.74, 6) is 0.730. The molecule has 0 radical (unpaired) electrons. The number of hydrogen-bond donors (Lipinski definition) is 1.